The van der Waals surface area contributed by atoms with Crippen molar-refractivity contribution in [3.05, 3.63) is 70.3 Å². The van der Waals surface area contributed by atoms with Gasteiger partial charge < -0.3 is 5.73 Å². The van der Waals surface area contributed by atoms with E-state index in [9.17, 15) is 0 Å². The minimum atomic E-state index is 0.0440. The lowest BCUT2D eigenvalue weighted by molar-refractivity contribution is 0.568. The Morgan fingerprint density at radius 2 is 1.62 bits per heavy atom. The fourth-order valence-corrected chi connectivity index (χ4v) is 2.80. The Kier molecular flexibility index (Phi) is 4.53. The summed E-state index contributed by atoms with van der Waals surface area (Å²) in [6.45, 7) is 11.0. The zero-order valence-corrected chi connectivity index (χ0v) is 13.9. The average Bonchev–Trinajstić information content (AvgIpc) is 2.42. The van der Waals surface area contributed by atoms with Crippen LogP contribution in [0.3, 0.4) is 0 Å². The molecule has 0 saturated carbocycles. The fraction of sp³-hybridized carbons (Fsp3) is 0.400. The van der Waals surface area contributed by atoms with Crippen molar-refractivity contribution in [1.29, 1.82) is 0 Å². The highest BCUT2D eigenvalue weighted by Crippen LogP contribution is 2.30. The number of hydrogen-bond donors (Lipinski definition) is 1. The number of benzene rings is 2. The van der Waals surface area contributed by atoms with Gasteiger partial charge in [-0.25, -0.2) is 0 Å². The summed E-state index contributed by atoms with van der Waals surface area (Å²) in [7, 11) is 0. The smallest absolute Gasteiger partial charge is 0.0338 e. The molecule has 0 aliphatic carbocycles. The van der Waals surface area contributed by atoms with Crippen LogP contribution in [0.2, 0.25) is 0 Å². The van der Waals surface area contributed by atoms with Gasteiger partial charge in [-0.3, -0.25) is 0 Å². The Morgan fingerprint density at radius 1 is 0.952 bits per heavy atom. The first-order valence-corrected chi connectivity index (χ1v) is 7.70. The maximum Gasteiger partial charge on any atom is 0.0338 e. The molecular formula is C20H27N. The third-order valence-electron chi connectivity index (χ3n) is 4.20. The van der Waals surface area contributed by atoms with E-state index in [1.165, 1.54) is 27.8 Å². The van der Waals surface area contributed by atoms with Crippen molar-refractivity contribution in [2.24, 2.45) is 5.73 Å². The SMILES string of the molecule is Cc1ccc(CC(N)c2ccccc2C(C)(C)C)cc1C. The Bertz CT molecular complexity index is 620. The highest BCUT2D eigenvalue weighted by atomic mass is 14.6. The molecule has 1 unspecified atom stereocenters. The van der Waals surface area contributed by atoms with Crippen molar-refractivity contribution in [2.45, 2.75) is 52.5 Å². The van der Waals surface area contributed by atoms with Crippen LogP contribution in [0.15, 0.2) is 42.5 Å². The molecule has 0 radical (unpaired) electrons. The van der Waals surface area contributed by atoms with Gasteiger partial charge in [0.05, 0.1) is 0 Å². The van der Waals surface area contributed by atoms with Crippen LogP contribution >= 0.6 is 0 Å². The molecule has 2 N–H and O–H groups in total. The second-order valence-corrected chi connectivity index (χ2v) is 7.07. The topological polar surface area (TPSA) is 26.0 Å². The van der Waals surface area contributed by atoms with E-state index < -0.39 is 0 Å². The van der Waals surface area contributed by atoms with Gasteiger partial charge in [0.15, 0.2) is 0 Å². The lowest BCUT2D eigenvalue weighted by atomic mass is 9.81. The zero-order chi connectivity index (χ0) is 15.6. The van der Waals surface area contributed by atoms with E-state index in [-0.39, 0.29) is 11.5 Å². The predicted molar refractivity (Wildman–Crippen MR) is 91.7 cm³/mol. The lowest BCUT2D eigenvalue weighted by Crippen LogP contribution is -2.21. The molecule has 2 rings (SSSR count). The maximum absolute atomic E-state index is 6.51. The second kappa shape index (κ2) is 6.03. The van der Waals surface area contributed by atoms with Gasteiger partial charge in [0.1, 0.15) is 0 Å². The van der Waals surface area contributed by atoms with E-state index in [0.29, 0.717) is 0 Å². The molecule has 0 saturated heterocycles. The van der Waals surface area contributed by atoms with Crippen LogP contribution in [0.1, 0.15) is 54.6 Å². The molecule has 1 heteroatoms. The van der Waals surface area contributed by atoms with Crippen molar-refractivity contribution in [1.82, 2.24) is 0 Å². The summed E-state index contributed by atoms with van der Waals surface area (Å²) < 4.78 is 0. The van der Waals surface area contributed by atoms with E-state index in [4.69, 9.17) is 5.73 Å². The summed E-state index contributed by atoms with van der Waals surface area (Å²) in [6, 6.07) is 15.3. The van der Waals surface area contributed by atoms with E-state index in [1.807, 2.05) is 0 Å². The Labute approximate surface area is 129 Å². The molecule has 0 bridgehead atoms. The van der Waals surface area contributed by atoms with Crippen molar-refractivity contribution in [2.75, 3.05) is 0 Å². The van der Waals surface area contributed by atoms with Crippen molar-refractivity contribution in [3.8, 4) is 0 Å². The molecule has 0 aliphatic heterocycles. The monoisotopic (exact) mass is 281 g/mol. The van der Waals surface area contributed by atoms with Crippen molar-refractivity contribution < 1.29 is 0 Å². The van der Waals surface area contributed by atoms with Crippen LogP contribution in [0.5, 0.6) is 0 Å². The van der Waals surface area contributed by atoms with Crippen molar-refractivity contribution in [3.63, 3.8) is 0 Å². The third-order valence-corrected chi connectivity index (χ3v) is 4.20. The van der Waals surface area contributed by atoms with Crippen LogP contribution in [0.4, 0.5) is 0 Å². The average molecular weight is 281 g/mol. The Hall–Kier alpha value is -1.60. The molecule has 112 valence electrons. The molecule has 2 aromatic rings. The van der Waals surface area contributed by atoms with E-state index in [2.05, 4.69) is 77.1 Å². The van der Waals surface area contributed by atoms with Gasteiger partial charge in [-0.05, 0) is 53.5 Å². The molecule has 2 aromatic carbocycles. The Morgan fingerprint density at radius 3 is 2.24 bits per heavy atom. The van der Waals surface area contributed by atoms with Gasteiger partial charge in [-0.2, -0.15) is 0 Å². The van der Waals surface area contributed by atoms with E-state index in [1.54, 1.807) is 0 Å². The van der Waals surface area contributed by atoms with Crippen LogP contribution in [-0.4, -0.2) is 0 Å². The minimum absolute atomic E-state index is 0.0440. The van der Waals surface area contributed by atoms with Gasteiger partial charge in [0.2, 0.25) is 0 Å². The highest BCUT2D eigenvalue weighted by Gasteiger charge is 2.20. The van der Waals surface area contributed by atoms with E-state index in [0.717, 1.165) is 6.42 Å². The molecule has 0 aromatic heterocycles. The summed E-state index contributed by atoms with van der Waals surface area (Å²) in [4.78, 5) is 0. The van der Waals surface area contributed by atoms with Crippen LogP contribution < -0.4 is 5.73 Å². The molecule has 0 heterocycles. The van der Waals surface area contributed by atoms with Crippen LogP contribution in [0.25, 0.3) is 0 Å². The summed E-state index contributed by atoms with van der Waals surface area (Å²) in [5.74, 6) is 0. The molecule has 21 heavy (non-hydrogen) atoms. The first-order chi connectivity index (χ1) is 9.79. The fourth-order valence-electron chi connectivity index (χ4n) is 2.80. The number of nitrogens with two attached hydrogens (primary N) is 1. The van der Waals surface area contributed by atoms with E-state index >= 15 is 0 Å². The summed E-state index contributed by atoms with van der Waals surface area (Å²) in [5.41, 5.74) is 13.2. The van der Waals surface area contributed by atoms with Gasteiger partial charge in [0.25, 0.3) is 0 Å². The van der Waals surface area contributed by atoms with Crippen LogP contribution in [-0.2, 0) is 11.8 Å². The Balaban J connectivity index is 2.28. The molecule has 0 fully saturated rings. The normalized spacial score (nSPS) is 13.2. The third kappa shape index (κ3) is 3.74. The molecular weight excluding hydrogens is 254 g/mol. The maximum atomic E-state index is 6.51. The highest BCUT2D eigenvalue weighted by molar-refractivity contribution is 5.37. The number of rotatable bonds is 3. The molecule has 0 aliphatic rings. The van der Waals surface area contributed by atoms with Gasteiger partial charge >= 0.3 is 0 Å². The van der Waals surface area contributed by atoms with Gasteiger partial charge in [-0.1, -0.05) is 63.2 Å². The van der Waals surface area contributed by atoms with Crippen LogP contribution in [0, 0.1) is 13.8 Å². The zero-order valence-electron chi connectivity index (χ0n) is 13.9. The number of hydrogen-bond acceptors (Lipinski definition) is 1. The minimum Gasteiger partial charge on any atom is -0.324 e. The first kappa shape index (κ1) is 15.8. The summed E-state index contributed by atoms with van der Waals surface area (Å²) in [6.07, 6.45) is 0.883. The molecule has 1 atom stereocenters. The summed E-state index contributed by atoms with van der Waals surface area (Å²) >= 11 is 0. The predicted octanol–water partition coefficient (Wildman–Crippen LogP) is 4.84. The second-order valence-electron chi connectivity index (χ2n) is 7.07. The standard InChI is InChI=1S/C20H27N/c1-14-10-11-16(12-15(14)2)13-19(21)17-8-6-7-9-18(17)20(3,4)5/h6-12,19H,13,21H2,1-5H3. The van der Waals surface area contributed by atoms with Crippen molar-refractivity contribution >= 4 is 0 Å². The molecule has 0 amide bonds. The quantitative estimate of drug-likeness (QED) is 0.855. The molecule has 1 nitrogen and oxygen atoms in total. The lowest BCUT2D eigenvalue weighted by Gasteiger charge is -2.26. The largest absolute Gasteiger partial charge is 0.324 e. The van der Waals surface area contributed by atoms with Gasteiger partial charge in [-0.15, -0.1) is 0 Å². The first-order valence-electron chi connectivity index (χ1n) is 7.70. The molecule has 0 spiro atoms. The van der Waals surface area contributed by atoms with Gasteiger partial charge in [0, 0.05) is 6.04 Å². The summed E-state index contributed by atoms with van der Waals surface area (Å²) in [5, 5.41) is 0. The number of aryl methyl sites for hydroxylation is 2.